The number of aliphatic hydroxyl groups is 7. The van der Waals surface area contributed by atoms with E-state index < -0.39 is 74.6 Å². The van der Waals surface area contributed by atoms with Crippen molar-refractivity contribution < 1.29 is 50.0 Å². The van der Waals surface area contributed by atoms with Gasteiger partial charge >= 0.3 is 0 Å². The van der Waals surface area contributed by atoms with Gasteiger partial charge in [0.05, 0.1) is 31.5 Å². The quantitative estimate of drug-likeness (QED) is 0.141. The molecule has 25 heavy (non-hydrogen) atoms. The summed E-state index contributed by atoms with van der Waals surface area (Å²) in [6, 6.07) is -1.28. The number of hydrogen-bond acceptors (Lipinski definition) is 11. The molecule has 144 valence electrons. The molecule has 2 aliphatic heterocycles. The van der Waals surface area contributed by atoms with E-state index in [-0.39, 0.29) is 0 Å². The largest absolute Gasteiger partial charge is 0.394 e. The van der Waals surface area contributed by atoms with Crippen molar-refractivity contribution in [3.05, 3.63) is 10.4 Å². The molecule has 0 amide bonds. The van der Waals surface area contributed by atoms with Gasteiger partial charge in [0.2, 0.25) is 0 Å². The number of aliphatic hydroxyl groups excluding tert-OH is 7. The maximum Gasteiger partial charge on any atom is 0.189 e. The number of hydrogen-bond donors (Lipinski definition) is 7. The van der Waals surface area contributed by atoms with Crippen molar-refractivity contribution in [3.8, 4) is 0 Å². The van der Waals surface area contributed by atoms with Crippen molar-refractivity contribution in [1.82, 2.24) is 0 Å². The molecule has 2 rings (SSSR count). The van der Waals surface area contributed by atoms with Gasteiger partial charge in [-0.3, -0.25) is 0 Å². The number of ether oxygens (including phenoxy) is 3. The highest BCUT2D eigenvalue weighted by Gasteiger charge is 2.49. The molecule has 0 radical (unpaired) electrons. The van der Waals surface area contributed by atoms with Gasteiger partial charge in [0.25, 0.3) is 0 Å². The molecule has 0 saturated carbocycles. The van der Waals surface area contributed by atoms with Crippen molar-refractivity contribution in [2.24, 2.45) is 5.11 Å². The van der Waals surface area contributed by atoms with E-state index in [1.165, 1.54) is 0 Å². The van der Waals surface area contributed by atoms with Crippen molar-refractivity contribution in [3.63, 3.8) is 0 Å². The Labute approximate surface area is 141 Å². The van der Waals surface area contributed by atoms with Gasteiger partial charge in [-0.1, -0.05) is 5.11 Å². The second-order valence-corrected chi connectivity index (χ2v) is 5.74. The minimum Gasteiger partial charge on any atom is -0.394 e. The van der Waals surface area contributed by atoms with Gasteiger partial charge in [-0.2, -0.15) is 0 Å². The van der Waals surface area contributed by atoms with Crippen molar-refractivity contribution in [1.29, 1.82) is 0 Å². The Morgan fingerprint density at radius 3 is 1.84 bits per heavy atom. The first kappa shape index (κ1) is 20.2. The van der Waals surface area contributed by atoms with Crippen LogP contribution < -0.4 is 0 Å². The zero-order valence-electron chi connectivity index (χ0n) is 12.9. The Bertz CT molecular complexity index is 488. The van der Waals surface area contributed by atoms with Crippen LogP contribution in [0, 0.1) is 0 Å². The first-order chi connectivity index (χ1) is 11.8. The van der Waals surface area contributed by atoms with Crippen LogP contribution in [0.1, 0.15) is 0 Å². The fourth-order valence-corrected chi connectivity index (χ4v) is 2.69. The molecule has 0 spiro atoms. The van der Waals surface area contributed by atoms with Gasteiger partial charge in [0.15, 0.2) is 12.6 Å². The summed E-state index contributed by atoms with van der Waals surface area (Å²) in [6.45, 7) is -1.35. The molecule has 13 heteroatoms. The number of rotatable bonds is 5. The van der Waals surface area contributed by atoms with Gasteiger partial charge < -0.3 is 50.0 Å². The molecule has 0 bridgehead atoms. The molecule has 0 unspecified atom stereocenters. The summed E-state index contributed by atoms with van der Waals surface area (Å²) in [4.78, 5) is 2.50. The smallest absolute Gasteiger partial charge is 0.189 e. The lowest BCUT2D eigenvalue weighted by Crippen LogP contribution is -2.63. The maximum absolute atomic E-state index is 10.0. The summed E-state index contributed by atoms with van der Waals surface area (Å²) < 4.78 is 15.5. The third kappa shape index (κ3) is 4.02. The summed E-state index contributed by atoms with van der Waals surface area (Å²) in [6.07, 6.45) is -14.1. The van der Waals surface area contributed by atoms with Gasteiger partial charge in [0.1, 0.15) is 30.5 Å². The van der Waals surface area contributed by atoms with E-state index in [1.54, 1.807) is 0 Å². The fraction of sp³-hybridized carbons (Fsp3) is 1.00. The van der Waals surface area contributed by atoms with Crippen LogP contribution in [0.5, 0.6) is 0 Å². The molecule has 0 aromatic rings. The predicted octanol–water partition coefficient (Wildman–Crippen LogP) is -4.08. The van der Waals surface area contributed by atoms with E-state index in [1.807, 2.05) is 0 Å². The van der Waals surface area contributed by atoms with E-state index in [0.29, 0.717) is 0 Å². The summed E-state index contributed by atoms with van der Waals surface area (Å²) in [7, 11) is 0. The molecule has 7 N–H and O–H groups in total. The van der Waals surface area contributed by atoms with Crippen LogP contribution in [-0.2, 0) is 14.2 Å². The highest BCUT2D eigenvalue weighted by molar-refractivity contribution is 4.95. The van der Waals surface area contributed by atoms with Crippen LogP contribution in [0.3, 0.4) is 0 Å². The van der Waals surface area contributed by atoms with E-state index in [4.69, 9.17) is 24.8 Å². The van der Waals surface area contributed by atoms with E-state index >= 15 is 0 Å². The topological polar surface area (TPSA) is 218 Å². The molecule has 2 fully saturated rings. The van der Waals surface area contributed by atoms with Crippen molar-refractivity contribution in [2.75, 3.05) is 13.2 Å². The Morgan fingerprint density at radius 1 is 0.800 bits per heavy atom. The molecule has 2 heterocycles. The lowest BCUT2D eigenvalue weighted by Gasteiger charge is -2.44. The molecule has 0 aromatic carbocycles. The Kier molecular flexibility index (Phi) is 6.90. The van der Waals surface area contributed by atoms with E-state index in [9.17, 15) is 30.6 Å². The lowest BCUT2D eigenvalue weighted by atomic mass is 9.97. The summed E-state index contributed by atoms with van der Waals surface area (Å²) in [5.74, 6) is 0. The monoisotopic (exact) mass is 367 g/mol. The summed E-state index contributed by atoms with van der Waals surface area (Å²) in [5, 5.41) is 71.0. The molecular formula is C12H21N3O10. The first-order valence-electron chi connectivity index (χ1n) is 7.48. The highest BCUT2D eigenvalue weighted by Crippen LogP contribution is 2.29. The predicted molar refractivity (Wildman–Crippen MR) is 75.5 cm³/mol. The van der Waals surface area contributed by atoms with Gasteiger partial charge in [-0.25, -0.2) is 0 Å². The average molecular weight is 367 g/mol. The van der Waals surface area contributed by atoms with E-state index in [2.05, 4.69) is 10.0 Å². The number of nitrogens with zero attached hydrogens (tertiary/aromatic N) is 3. The summed E-state index contributed by atoms with van der Waals surface area (Å²) >= 11 is 0. The van der Waals surface area contributed by atoms with Crippen LogP contribution >= 0.6 is 0 Å². The minimum absolute atomic E-state index is 0.665. The molecule has 0 aliphatic carbocycles. The third-order valence-corrected chi connectivity index (χ3v) is 4.15. The zero-order chi connectivity index (χ0) is 18.7. The SMILES string of the molecule is [N-]=[N+]=N[C@@H]1[C@H](O)[C@@H](O)[C@@H](O[C@H]2O[C@H](CO)[C@@H](O)[C@H](O)[C@H]2O)O[C@@H]1CO. The molecule has 10 atom stereocenters. The van der Waals surface area contributed by atoms with Crippen LogP contribution in [0.4, 0.5) is 0 Å². The fourth-order valence-electron chi connectivity index (χ4n) is 2.69. The Hall–Kier alpha value is -1.09. The van der Waals surface area contributed by atoms with Gasteiger partial charge in [-0.05, 0) is 5.53 Å². The zero-order valence-corrected chi connectivity index (χ0v) is 12.9. The molecule has 2 aliphatic rings. The lowest BCUT2D eigenvalue weighted by molar-refractivity contribution is -0.368. The van der Waals surface area contributed by atoms with Crippen LogP contribution in [0.25, 0.3) is 10.4 Å². The highest BCUT2D eigenvalue weighted by atomic mass is 16.8. The second kappa shape index (κ2) is 8.53. The van der Waals surface area contributed by atoms with Crippen LogP contribution in [0.15, 0.2) is 5.11 Å². The van der Waals surface area contributed by atoms with Crippen molar-refractivity contribution in [2.45, 2.75) is 61.3 Å². The van der Waals surface area contributed by atoms with E-state index in [0.717, 1.165) is 0 Å². The van der Waals surface area contributed by atoms with Crippen molar-refractivity contribution >= 4 is 0 Å². The Morgan fingerprint density at radius 2 is 1.32 bits per heavy atom. The van der Waals surface area contributed by atoms with Gasteiger partial charge in [0, 0.05) is 4.91 Å². The third-order valence-electron chi connectivity index (χ3n) is 4.15. The number of azide groups is 1. The Balaban J connectivity index is 2.12. The maximum atomic E-state index is 10.0. The van der Waals surface area contributed by atoms with Crippen LogP contribution in [-0.4, -0.2) is 110 Å². The minimum atomic E-state index is -1.74. The molecular weight excluding hydrogens is 346 g/mol. The summed E-state index contributed by atoms with van der Waals surface area (Å²) in [5.41, 5.74) is 8.48. The second-order valence-electron chi connectivity index (χ2n) is 5.74. The average Bonchev–Trinajstić information content (AvgIpc) is 2.61. The van der Waals surface area contributed by atoms with Gasteiger partial charge in [-0.15, -0.1) is 0 Å². The molecule has 2 saturated heterocycles. The normalized spacial score (nSPS) is 48.0. The molecule has 13 nitrogen and oxygen atoms in total. The van der Waals surface area contributed by atoms with Crippen LogP contribution in [0.2, 0.25) is 0 Å². The standard InChI is InChI=1S/C12H21N3O10/c13-15-14-5-3(1-16)23-11(9(21)7(5)19)25-12-10(22)8(20)6(18)4(2-17)24-12/h3-12,16-22H,1-2H2/t3-,4-,5+,6-,7+,8+,9-,10-,11-,12-/m1/s1. The first-order valence-corrected chi connectivity index (χ1v) is 7.48. The molecule has 0 aromatic heterocycles.